The summed E-state index contributed by atoms with van der Waals surface area (Å²) in [5.74, 6) is -1.28. The fraction of sp³-hybridized carbons (Fsp3) is 0.167. The van der Waals surface area contributed by atoms with E-state index in [4.69, 9.17) is 5.11 Å². The minimum atomic E-state index is -1.04. The number of carboxylic acid groups (broad SMARTS) is 1. The van der Waals surface area contributed by atoms with Crippen LogP contribution in [0.15, 0.2) is 36.4 Å². The van der Waals surface area contributed by atoms with Gasteiger partial charge < -0.3 is 10.0 Å². The number of rotatable bonds is 4. The summed E-state index contributed by atoms with van der Waals surface area (Å²) in [6.45, 7) is 1.94. The number of carboxylic acids is 1. The lowest BCUT2D eigenvalue weighted by Gasteiger charge is -2.16. The average molecular weight is 323 g/mol. The molecule has 3 aromatic rings. The van der Waals surface area contributed by atoms with Gasteiger partial charge in [0.15, 0.2) is 0 Å². The van der Waals surface area contributed by atoms with Crippen LogP contribution in [0, 0.1) is 6.92 Å². The number of hydrogen-bond donors (Lipinski definition) is 2. The number of nitrogens with one attached hydrogen (secondary N) is 1. The van der Waals surface area contributed by atoms with Crippen molar-refractivity contribution in [2.45, 2.75) is 6.92 Å². The minimum Gasteiger partial charge on any atom is -0.478 e. The molecule has 0 bridgehead atoms. The second-order valence-corrected chi connectivity index (χ2v) is 5.86. The van der Waals surface area contributed by atoms with Crippen LogP contribution in [0.1, 0.15) is 32.0 Å². The number of H-pyrrole nitrogens is 1. The van der Waals surface area contributed by atoms with E-state index < -0.39 is 5.97 Å². The van der Waals surface area contributed by atoms with Gasteiger partial charge in [-0.1, -0.05) is 0 Å². The zero-order chi connectivity index (χ0) is 17.4. The first kappa shape index (κ1) is 15.7. The molecule has 1 aromatic heterocycles. The van der Waals surface area contributed by atoms with Crippen LogP contribution < -0.4 is 4.90 Å². The SMILES string of the molecule is Cc1cc(C(=O)c2n[nH]c3ccc(C(=O)O)cc23)ccc1N(C)C. The number of anilines is 1. The second-order valence-electron chi connectivity index (χ2n) is 5.86. The molecule has 0 atom stereocenters. The standard InChI is InChI=1S/C18H17N3O3/c1-10-8-11(5-7-15(10)21(2)3)17(22)16-13-9-12(18(23)24)4-6-14(13)19-20-16/h4-9H,1-3H3,(H,19,20)(H,23,24). The van der Waals surface area contributed by atoms with E-state index in [9.17, 15) is 9.59 Å². The maximum atomic E-state index is 12.8. The fourth-order valence-electron chi connectivity index (χ4n) is 2.76. The van der Waals surface area contributed by atoms with Gasteiger partial charge >= 0.3 is 5.97 Å². The highest BCUT2D eigenvalue weighted by molar-refractivity contribution is 6.15. The van der Waals surface area contributed by atoms with Crippen molar-refractivity contribution in [2.24, 2.45) is 0 Å². The Morgan fingerprint density at radius 2 is 1.79 bits per heavy atom. The van der Waals surface area contributed by atoms with E-state index in [1.165, 1.54) is 12.1 Å². The first-order valence-electron chi connectivity index (χ1n) is 7.42. The van der Waals surface area contributed by atoms with Gasteiger partial charge in [0, 0.05) is 30.7 Å². The van der Waals surface area contributed by atoms with Crippen LogP contribution in [0.2, 0.25) is 0 Å². The lowest BCUT2D eigenvalue weighted by atomic mass is 10.0. The van der Waals surface area contributed by atoms with Gasteiger partial charge in [-0.3, -0.25) is 9.89 Å². The zero-order valence-electron chi connectivity index (χ0n) is 13.6. The largest absolute Gasteiger partial charge is 0.478 e. The molecular weight excluding hydrogens is 306 g/mol. The molecule has 6 heteroatoms. The first-order valence-corrected chi connectivity index (χ1v) is 7.42. The van der Waals surface area contributed by atoms with Gasteiger partial charge in [-0.15, -0.1) is 0 Å². The third-order valence-electron chi connectivity index (χ3n) is 3.97. The Kier molecular flexibility index (Phi) is 3.81. The zero-order valence-corrected chi connectivity index (χ0v) is 13.6. The molecule has 1 heterocycles. The van der Waals surface area contributed by atoms with Gasteiger partial charge in [0.05, 0.1) is 11.1 Å². The van der Waals surface area contributed by atoms with E-state index in [0.29, 0.717) is 16.5 Å². The van der Waals surface area contributed by atoms with Crippen LogP contribution in [0.4, 0.5) is 5.69 Å². The Hall–Kier alpha value is -3.15. The highest BCUT2D eigenvalue weighted by Crippen LogP contribution is 2.24. The number of benzene rings is 2. The topological polar surface area (TPSA) is 86.3 Å². The summed E-state index contributed by atoms with van der Waals surface area (Å²) in [5.41, 5.74) is 3.52. The maximum absolute atomic E-state index is 12.8. The molecule has 6 nitrogen and oxygen atoms in total. The van der Waals surface area contributed by atoms with Crippen molar-refractivity contribution in [1.29, 1.82) is 0 Å². The molecular formula is C18H17N3O3. The Morgan fingerprint density at radius 3 is 2.42 bits per heavy atom. The van der Waals surface area contributed by atoms with Crippen molar-refractivity contribution in [3.8, 4) is 0 Å². The first-order chi connectivity index (χ1) is 11.4. The summed E-state index contributed by atoms with van der Waals surface area (Å²) in [7, 11) is 3.89. The van der Waals surface area contributed by atoms with Crippen LogP contribution in [-0.4, -0.2) is 41.2 Å². The van der Waals surface area contributed by atoms with Gasteiger partial charge in [-0.25, -0.2) is 4.79 Å². The molecule has 0 saturated carbocycles. The molecule has 0 aliphatic carbocycles. The van der Waals surface area contributed by atoms with Gasteiger partial charge in [0.2, 0.25) is 5.78 Å². The highest BCUT2D eigenvalue weighted by atomic mass is 16.4. The van der Waals surface area contributed by atoms with Crippen LogP contribution in [-0.2, 0) is 0 Å². The number of hydrogen-bond acceptors (Lipinski definition) is 4. The van der Waals surface area contributed by atoms with Crippen LogP contribution in [0.25, 0.3) is 10.9 Å². The molecule has 2 aromatic carbocycles. The second kappa shape index (κ2) is 5.81. The van der Waals surface area contributed by atoms with Crippen LogP contribution in [0.3, 0.4) is 0 Å². The predicted octanol–water partition coefficient (Wildman–Crippen LogP) is 2.87. The Labute approximate surface area is 138 Å². The third-order valence-corrected chi connectivity index (χ3v) is 3.97. The summed E-state index contributed by atoms with van der Waals surface area (Å²) in [4.78, 5) is 25.9. The number of fused-ring (bicyclic) bond motifs is 1. The fourth-order valence-corrected chi connectivity index (χ4v) is 2.76. The van der Waals surface area contributed by atoms with Gasteiger partial charge in [-0.2, -0.15) is 5.10 Å². The van der Waals surface area contributed by atoms with E-state index in [-0.39, 0.29) is 17.0 Å². The van der Waals surface area contributed by atoms with Crippen molar-refractivity contribution in [3.63, 3.8) is 0 Å². The quantitative estimate of drug-likeness (QED) is 0.721. The van der Waals surface area contributed by atoms with Crippen molar-refractivity contribution in [2.75, 3.05) is 19.0 Å². The number of ketones is 1. The van der Waals surface area contributed by atoms with E-state index in [1.54, 1.807) is 12.1 Å². The van der Waals surface area contributed by atoms with Gasteiger partial charge in [0.1, 0.15) is 5.69 Å². The molecule has 0 fully saturated rings. The number of aromatic nitrogens is 2. The normalized spacial score (nSPS) is 10.8. The van der Waals surface area contributed by atoms with Crippen molar-refractivity contribution in [1.82, 2.24) is 10.2 Å². The molecule has 0 radical (unpaired) electrons. The maximum Gasteiger partial charge on any atom is 0.335 e. The molecule has 0 spiro atoms. The lowest BCUT2D eigenvalue weighted by molar-refractivity contribution is 0.0696. The number of carbonyl (C=O) groups excluding carboxylic acids is 1. The number of aryl methyl sites for hydroxylation is 1. The predicted molar refractivity (Wildman–Crippen MR) is 92.0 cm³/mol. The molecule has 0 amide bonds. The molecule has 24 heavy (non-hydrogen) atoms. The monoisotopic (exact) mass is 323 g/mol. The summed E-state index contributed by atoms with van der Waals surface area (Å²) in [6, 6.07) is 10.0. The third kappa shape index (κ3) is 2.62. The van der Waals surface area contributed by atoms with Crippen molar-refractivity contribution in [3.05, 3.63) is 58.8 Å². The molecule has 0 saturated heterocycles. The molecule has 0 unspecified atom stereocenters. The lowest BCUT2D eigenvalue weighted by Crippen LogP contribution is -2.11. The van der Waals surface area contributed by atoms with E-state index in [2.05, 4.69) is 10.2 Å². The smallest absolute Gasteiger partial charge is 0.335 e. The van der Waals surface area contributed by atoms with Crippen LogP contribution in [0.5, 0.6) is 0 Å². The van der Waals surface area contributed by atoms with Crippen molar-refractivity contribution < 1.29 is 14.7 Å². The van der Waals surface area contributed by atoms with E-state index in [0.717, 1.165) is 11.3 Å². The molecule has 2 N–H and O–H groups in total. The number of aromatic carboxylic acids is 1. The van der Waals surface area contributed by atoms with E-state index in [1.807, 2.05) is 38.1 Å². The summed E-state index contributed by atoms with van der Waals surface area (Å²) in [5, 5.41) is 16.5. The molecule has 3 rings (SSSR count). The summed E-state index contributed by atoms with van der Waals surface area (Å²) in [6.07, 6.45) is 0. The number of carbonyl (C=O) groups is 2. The summed E-state index contributed by atoms with van der Waals surface area (Å²) < 4.78 is 0. The van der Waals surface area contributed by atoms with Crippen molar-refractivity contribution >= 4 is 28.3 Å². The Bertz CT molecular complexity index is 957. The minimum absolute atomic E-state index is 0.122. The Morgan fingerprint density at radius 1 is 1.08 bits per heavy atom. The number of aromatic amines is 1. The van der Waals surface area contributed by atoms with Crippen LogP contribution >= 0.6 is 0 Å². The highest BCUT2D eigenvalue weighted by Gasteiger charge is 2.18. The van der Waals surface area contributed by atoms with E-state index >= 15 is 0 Å². The summed E-state index contributed by atoms with van der Waals surface area (Å²) >= 11 is 0. The molecule has 122 valence electrons. The average Bonchev–Trinajstić information content (AvgIpc) is 2.96. The number of nitrogens with zero attached hydrogens (tertiary/aromatic N) is 2. The molecule has 0 aliphatic heterocycles. The Balaban J connectivity index is 2.07. The van der Waals surface area contributed by atoms with Gasteiger partial charge in [0.25, 0.3) is 0 Å². The van der Waals surface area contributed by atoms with Gasteiger partial charge in [-0.05, 0) is 48.9 Å². The molecule has 0 aliphatic rings.